The molecule has 4 rings (SSSR count). The summed E-state index contributed by atoms with van der Waals surface area (Å²) in [5.74, 6) is 0.679. The van der Waals surface area contributed by atoms with E-state index in [0.29, 0.717) is 18.3 Å². The van der Waals surface area contributed by atoms with Crippen molar-refractivity contribution in [3.8, 4) is 11.6 Å². The van der Waals surface area contributed by atoms with Crippen LogP contribution >= 0.6 is 0 Å². The van der Waals surface area contributed by atoms with Gasteiger partial charge in [0.05, 0.1) is 0 Å². The molecule has 134 valence electrons. The lowest BCUT2D eigenvalue weighted by Crippen LogP contribution is -2.29. The van der Waals surface area contributed by atoms with Gasteiger partial charge >= 0.3 is 6.01 Å². The average molecular weight is 355 g/mol. The molecule has 1 aromatic carbocycles. The lowest BCUT2D eigenvalue weighted by atomic mass is 10.1. The molecule has 0 saturated carbocycles. The fourth-order valence-electron chi connectivity index (χ4n) is 2.97. The van der Waals surface area contributed by atoms with Crippen LogP contribution in [0.1, 0.15) is 30.7 Å². The minimum Gasteiger partial charge on any atom is -0.368 e. The predicted molar refractivity (Wildman–Crippen MR) is 92.8 cm³/mol. The molecule has 3 heterocycles. The van der Waals surface area contributed by atoms with Crippen LogP contribution in [0.2, 0.25) is 0 Å². The molecular formula is C17H18FN7O. The third kappa shape index (κ3) is 3.61. The van der Waals surface area contributed by atoms with Gasteiger partial charge in [-0.25, -0.2) is 9.37 Å². The zero-order valence-electron chi connectivity index (χ0n) is 14.1. The van der Waals surface area contributed by atoms with Crippen LogP contribution in [0.5, 0.6) is 0 Å². The molecule has 0 radical (unpaired) electrons. The second-order valence-electron chi connectivity index (χ2n) is 6.19. The monoisotopic (exact) mass is 355 g/mol. The van der Waals surface area contributed by atoms with Crippen LogP contribution in [-0.4, -0.2) is 38.2 Å². The van der Waals surface area contributed by atoms with Crippen molar-refractivity contribution in [1.82, 2.24) is 25.1 Å². The molecule has 9 heteroatoms. The first-order valence-corrected chi connectivity index (χ1v) is 8.51. The highest BCUT2D eigenvalue weighted by Crippen LogP contribution is 2.21. The quantitative estimate of drug-likeness (QED) is 0.759. The van der Waals surface area contributed by atoms with E-state index >= 15 is 0 Å². The van der Waals surface area contributed by atoms with E-state index in [-0.39, 0.29) is 23.4 Å². The van der Waals surface area contributed by atoms with E-state index < -0.39 is 0 Å². The SMILES string of the molecule is Nc1nc(Cc2cccc(F)c2)nc(-c2noc(N3CCCCC3)n2)n1. The van der Waals surface area contributed by atoms with Gasteiger partial charge < -0.3 is 15.2 Å². The Morgan fingerprint density at radius 2 is 1.88 bits per heavy atom. The number of aromatic nitrogens is 5. The number of rotatable bonds is 4. The molecule has 8 nitrogen and oxygen atoms in total. The summed E-state index contributed by atoms with van der Waals surface area (Å²) in [4.78, 5) is 19.0. The zero-order valence-corrected chi connectivity index (χ0v) is 14.1. The molecule has 3 aromatic rings. The molecule has 2 N–H and O–H groups in total. The van der Waals surface area contributed by atoms with Crippen LogP contribution in [0.4, 0.5) is 16.4 Å². The Hall–Kier alpha value is -3.10. The van der Waals surface area contributed by atoms with Crippen molar-refractivity contribution in [2.75, 3.05) is 23.7 Å². The first kappa shape index (κ1) is 16.4. The third-order valence-corrected chi connectivity index (χ3v) is 4.19. The van der Waals surface area contributed by atoms with E-state index in [1.165, 1.54) is 18.6 Å². The average Bonchev–Trinajstić information content (AvgIpc) is 3.12. The molecule has 0 bridgehead atoms. The van der Waals surface area contributed by atoms with Gasteiger partial charge in [-0.05, 0) is 37.0 Å². The predicted octanol–water partition coefficient (Wildman–Crippen LogP) is 2.22. The lowest BCUT2D eigenvalue weighted by Gasteiger charge is -2.23. The van der Waals surface area contributed by atoms with Crippen molar-refractivity contribution in [3.05, 3.63) is 41.5 Å². The van der Waals surface area contributed by atoms with Crippen molar-refractivity contribution in [2.45, 2.75) is 25.7 Å². The van der Waals surface area contributed by atoms with Crippen LogP contribution in [0.25, 0.3) is 11.6 Å². The Morgan fingerprint density at radius 3 is 2.69 bits per heavy atom. The van der Waals surface area contributed by atoms with Crippen LogP contribution in [-0.2, 0) is 6.42 Å². The molecule has 1 aliphatic heterocycles. The molecular weight excluding hydrogens is 337 g/mol. The maximum Gasteiger partial charge on any atom is 0.324 e. The second-order valence-corrected chi connectivity index (χ2v) is 6.19. The van der Waals surface area contributed by atoms with E-state index in [2.05, 4.69) is 30.0 Å². The third-order valence-electron chi connectivity index (χ3n) is 4.19. The fourth-order valence-corrected chi connectivity index (χ4v) is 2.97. The topological polar surface area (TPSA) is 107 Å². The second kappa shape index (κ2) is 7.03. The highest BCUT2D eigenvalue weighted by Gasteiger charge is 2.20. The Balaban J connectivity index is 1.59. The summed E-state index contributed by atoms with van der Waals surface area (Å²) in [6.45, 7) is 1.79. The van der Waals surface area contributed by atoms with Gasteiger partial charge in [0.1, 0.15) is 11.6 Å². The van der Waals surface area contributed by atoms with Gasteiger partial charge in [-0.2, -0.15) is 15.0 Å². The summed E-state index contributed by atoms with van der Waals surface area (Å²) in [5, 5.41) is 3.97. The van der Waals surface area contributed by atoms with Gasteiger partial charge in [-0.3, -0.25) is 0 Å². The smallest absolute Gasteiger partial charge is 0.324 e. The van der Waals surface area contributed by atoms with Crippen molar-refractivity contribution in [3.63, 3.8) is 0 Å². The summed E-state index contributed by atoms with van der Waals surface area (Å²) in [6.07, 6.45) is 3.75. The van der Waals surface area contributed by atoms with Crippen LogP contribution in [0.15, 0.2) is 28.8 Å². The summed E-state index contributed by atoms with van der Waals surface area (Å²) >= 11 is 0. The molecule has 1 saturated heterocycles. The number of hydrogen-bond donors (Lipinski definition) is 1. The highest BCUT2D eigenvalue weighted by atomic mass is 19.1. The Kier molecular flexibility index (Phi) is 4.42. The van der Waals surface area contributed by atoms with Crippen molar-refractivity contribution < 1.29 is 8.91 Å². The zero-order chi connectivity index (χ0) is 17.9. The standard InChI is InChI=1S/C17H18FN7O/c18-12-6-4-5-11(9-12)10-13-20-14(22-16(19)21-13)15-23-17(26-24-15)25-7-2-1-3-8-25/h4-6,9H,1-3,7-8,10H2,(H2,19,20,21,22). The molecule has 26 heavy (non-hydrogen) atoms. The number of anilines is 2. The molecule has 0 unspecified atom stereocenters. The van der Waals surface area contributed by atoms with Gasteiger partial charge in [0.2, 0.25) is 17.6 Å². The summed E-state index contributed by atoms with van der Waals surface area (Å²) < 4.78 is 18.7. The van der Waals surface area contributed by atoms with E-state index in [1.54, 1.807) is 12.1 Å². The maximum atomic E-state index is 13.4. The Bertz CT molecular complexity index is 908. The molecule has 0 spiro atoms. The number of piperidine rings is 1. The summed E-state index contributed by atoms with van der Waals surface area (Å²) in [6, 6.07) is 6.72. The van der Waals surface area contributed by atoms with Crippen LogP contribution < -0.4 is 10.6 Å². The van der Waals surface area contributed by atoms with Gasteiger partial charge in [0.25, 0.3) is 0 Å². The van der Waals surface area contributed by atoms with Crippen molar-refractivity contribution in [1.29, 1.82) is 0 Å². The number of benzene rings is 1. The van der Waals surface area contributed by atoms with Crippen LogP contribution in [0, 0.1) is 5.82 Å². The van der Waals surface area contributed by atoms with Gasteiger partial charge in [-0.1, -0.05) is 17.3 Å². The largest absolute Gasteiger partial charge is 0.368 e. The lowest BCUT2D eigenvalue weighted by molar-refractivity contribution is 0.402. The molecule has 1 fully saturated rings. The number of nitrogens with two attached hydrogens (primary N) is 1. The Morgan fingerprint density at radius 1 is 1.04 bits per heavy atom. The molecule has 0 atom stereocenters. The minimum absolute atomic E-state index is 0.0609. The number of halogens is 1. The molecule has 1 aliphatic rings. The number of nitrogen functional groups attached to an aromatic ring is 1. The summed E-state index contributed by atoms with van der Waals surface area (Å²) in [5.41, 5.74) is 6.54. The number of hydrogen-bond acceptors (Lipinski definition) is 8. The van der Waals surface area contributed by atoms with E-state index in [1.807, 2.05) is 0 Å². The number of nitrogens with zero attached hydrogens (tertiary/aromatic N) is 6. The first-order chi connectivity index (χ1) is 12.7. The first-order valence-electron chi connectivity index (χ1n) is 8.51. The van der Waals surface area contributed by atoms with Crippen molar-refractivity contribution in [2.24, 2.45) is 0 Å². The van der Waals surface area contributed by atoms with Crippen LogP contribution in [0.3, 0.4) is 0 Å². The van der Waals surface area contributed by atoms with Gasteiger partial charge in [0, 0.05) is 19.5 Å². The molecule has 0 amide bonds. The fraction of sp³-hybridized carbons (Fsp3) is 0.353. The molecule has 2 aromatic heterocycles. The Labute approximate surface area is 149 Å². The van der Waals surface area contributed by atoms with Crippen molar-refractivity contribution >= 4 is 12.0 Å². The maximum absolute atomic E-state index is 13.4. The van der Waals surface area contributed by atoms with E-state index in [4.69, 9.17) is 10.3 Å². The molecule has 0 aliphatic carbocycles. The van der Waals surface area contributed by atoms with E-state index in [9.17, 15) is 4.39 Å². The van der Waals surface area contributed by atoms with Gasteiger partial charge in [-0.15, -0.1) is 0 Å². The highest BCUT2D eigenvalue weighted by molar-refractivity contribution is 5.47. The summed E-state index contributed by atoms with van der Waals surface area (Å²) in [7, 11) is 0. The minimum atomic E-state index is -0.311. The van der Waals surface area contributed by atoms with Gasteiger partial charge in [0.15, 0.2) is 0 Å². The normalized spacial score (nSPS) is 14.6. The van der Waals surface area contributed by atoms with E-state index in [0.717, 1.165) is 31.5 Å².